The number of thioether (sulfide) groups is 2. The summed E-state index contributed by atoms with van der Waals surface area (Å²) in [5, 5.41) is 4.97. The standard InChI is InChI=1S/C11H19N3O2S2/c1-3-8-9(18-5-4-17-8)10-13-11(16-14-10)7(12)6-15-2/h7-9H,3-6,12H2,1-2H3. The van der Waals surface area contributed by atoms with Crippen LogP contribution in [0.5, 0.6) is 0 Å². The Balaban J connectivity index is 2.08. The SMILES string of the molecule is CCC1SCCSC1c1noc(C(N)COC)n1. The maximum atomic E-state index is 5.88. The third-order valence-corrected chi connectivity index (χ3v) is 6.07. The summed E-state index contributed by atoms with van der Waals surface area (Å²) in [5.41, 5.74) is 5.88. The van der Waals surface area contributed by atoms with Crippen LogP contribution < -0.4 is 5.73 Å². The van der Waals surface area contributed by atoms with Gasteiger partial charge in [-0.25, -0.2) is 0 Å². The summed E-state index contributed by atoms with van der Waals surface area (Å²) in [6.07, 6.45) is 1.12. The summed E-state index contributed by atoms with van der Waals surface area (Å²) in [6.45, 7) is 2.60. The van der Waals surface area contributed by atoms with Gasteiger partial charge in [-0.2, -0.15) is 16.7 Å². The molecule has 0 radical (unpaired) electrons. The average Bonchev–Trinajstić information content (AvgIpc) is 2.88. The fourth-order valence-corrected chi connectivity index (χ4v) is 4.89. The van der Waals surface area contributed by atoms with E-state index in [0.717, 1.165) is 18.0 Å². The molecule has 0 bridgehead atoms. The predicted molar refractivity (Wildman–Crippen MR) is 74.8 cm³/mol. The largest absolute Gasteiger partial charge is 0.383 e. The molecule has 1 aliphatic heterocycles. The van der Waals surface area contributed by atoms with Gasteiger partial charge in [0.05, 0.1) is 11.9 Å². The van der Waals surface area contributed by atoms with Crippen molar-refractivity contribution in [2.75, 3.05) is 25.2 Å². The molecule has 2 heterocycles. The highest BCUT2D eigenvalue weighted by molar-refractivity contribution is 8.06. The lowest BCUT2D eigenvalue weighted by Crippen LogP contribution is -2.20. The Labute approximate surface area is 116 Å². The minimum Gasteiger partial charge on any atom is -0.383 e. The molecule has 0 saturated carbocycles. The molecule has 1 aromatic heterocycles. The lowest BCUT2D eigenvalue weighted by molar-refractivity contribution is 0.166. The second kappa shape index (κ2) is 6.79. The lowest BCUT2D eigenvalue weighted by Gasteiger charge is -2.27. The Morgan fingerprint density at radius 1 is 1.50 bits per heavy atom. The highest BCUT2D eigenvalue weighted by atomic mass is 32.2. The minimum atomic E-state index is -0.336. The quantitative estimate of drug-likeness (QED) is 0.888. The van der Waals surface area contributed by atoms with Crippen LogP contribution in [0.4, 0.5) is 0 Å². The van der Waals surface area contributed by atoms with E-state index in [1.807, 2.05) is 23.5 Å². The van der Waals surface area contributed by atoms with Crippen LogP contribution in [0, 0.1) is 0 Å². The molecule has 1 fully saturated rings. The van der Waals surface area contributed by atoms with Crippen molar-refractivity contribution in [3.63, 3.8) is 0 Å². The molecule has 1 saturated heterocycles. The van der Waals surface area contributed by atoms with E-state index < -0.39 is 0 Å². The van der Waals surface area contributed by atoms with Crippen molar-refractivity contribution in [2.45, 2.75) is 29.9 Å². The van der Waals surface area contributed by atoms with Crippen LogP contribution >= 0.6 is 23.5 Å². The van der Waals surface area contributed by atoms with Crippen LogP contribution in [0.3, 0.4) is 0 Å². The van der Waals surface area contributed by atoms with E-state index in [1.54, 1.807) is 7.11 Å². The van der Waals surface area contributed by atoms with Gasteiger partial charge in [0.1, 0.15) is 6.04 Å². The van der Waals surface area contributed by atoms with Gasteiger partial charge in [-0.15, -0.1) is 11.8 Å². The van der Waals surface area contributed by atoms with E-state index in [-0.39, 0.29) is 6.04 Å². The molecule has 1 aromatic rings. The summed E-state index contributed by atoms with van der Waals surface area (Å²) in [7, 11) is 1.61. The Morgan fingerprint density at radius 2 is 2.28 bits per heavy atom. The third-order valence-electron chi connectivity index (χ3n) is 2.83. The van der Waals surface area contributed by atoms with Crippen LogP contribution in [-0.4, -0.2) is 40.6 Å². The van der Waals surface area contributed by atoms with Gasteiger partial charge < -0.3 is 15.0 Å². The van der Waals surface area contributed by atoms with Crippen molar-refractivity contribution in [1.29, 1.82) is 0 Å². The number of hydrogen-bond acceptors (Lipinski definition) is 7. The number of rotatable bonds is 5. The molecule has 5 nitrogen and oxygen atoms in total. The number of hydrogen-bond donors (Lipinski definition) is 1. The molecular formula is C11H19N3O2S2. The molecule has 102 valence electrons. The summed E-state index contributed by atoms with van der Waals surface area (Å²) < 4.78 is 10.2. The topological polar surface area (TPSA) is 74.2 Å². The van der Waals surface area contributed by atoms with Crippen LogP contribution in [0.1, 0.15) is 36.4 Å². The Bertz CT molecular complexity index is 375. The molecule has 0 aromatic carbocycles. The predicted octanol–water partition coefficient (Wildman–Crippen LogP) is 2.02. The summed E-state index contributed by atoms with van der Waals surface area (Å²) in [4.78, 5) is 4.43. The molecule has 3 atom stereocenters. The van der Waals surface area contributed by atoms with Gasteiger partial charge in [0.2, 0.25) is 5.89 Å². The molecule has 2 N–H and O–H groups in total. The first-order valence-electron chi connectivity index (χ1n) is 6.07. The number of aromatic nitrogens is 2. The second-order valence-corrected chi connectivity index (χ2v) is 6.76. The van der Waals surface area contributed by atoms with Crippen molar-refractivity contribution >= 4 is 23.5 Å². The van der Waals surface area contributed by atoms with Gasteiger partial charge in [0.15, 0.2) is 5.82 Å². The number of nitrogens with two attached hydrogens (primary N) is 1. The van der Waals surface area contributed by atoms with Crippen molar-refractivity contribution in [3.8, 4) is 0 Å². The van der Waals surface area contributed by atoms with Crippen LogP contribution in [0.2, 0.25) is 0 Å². The monoisotopic (exact) mass is 289 g/mol. The highest BCUT2D eigenvalue weighted by Gasteiger charge is 2.31. The smallest absolute Gasteiger partial charge is 0.245 e. The average molecular weight is 289 g/mol. The second-order valence-electron chi connectivity index (χ2n) is 4.16. The van der Waals surface area contributed by atoms with Gasteiger partial charge in [-0.05, 0) is 6.42 Å². The van der Waals surface area contributed by atoms with Gasteiger partial charge in [0, 0.05) is 23.9 Å². The van der Waals surface area contributed by atoms with Crippen LogP contribution in [-0.2, 0) is 4.74 Å². The fourth-order valence-electron chi connectivity index (χ4n) is 1.91. The Morgan fingerprint density at radius 3 is 3.00 bits per heavy atom. The van der Waals surface area contributed by atoms with Gasteiger partial charge >= 0.3 is 0 Å². The molecule has 2 rings (SSSR count). The lowest BCUT2D eigenvalue weighted by atomic mass is 10.2. The van der Waals surface area contributed by atoms with Gasteiger partial charge in [0.25, 0.3) is 0 Å². The molecule has 0 spiro atoms. The summed E-state index contributed by atoms with van der Waals surface area (Å²) in [6, 6.07) is -0.336. The van der Waals surface area contributed by atoms with Crippen molar-refractivity contribution in [1.82, 2.24) is 10.1 Å². The van der Waals surface area contributed by atoms with Gasteiger partial charge in [-0.1, -0.05) is 12.1 Å². The zero-order chi connectivity index (χ0) is 13.0. The number of nitrogens with zero attached hydrogens (tertiary/aromatic N) is 2. The zero-order valence-electron chi connectivity index (χ0n) is 10.7. The molecular weight excluding hydrogens is 270 g/mol. The fraction of sp³-hybridized carbons (Fsp3) is 0.818. The van der Waals surface area contributed by atoms with E-state index in [1.165, 1.54) is 5.75 Å². The summed E-state index contributed by atoms with van der Waals surface area (Å²) >= 11 is 3.91. The first kappa shape index (κ1) is 14.2. The van der Waals surface area contributed by atoms with Crippen molar-refractivity contribution < 1.29 is 9.26 Å². The van der Waals surface area contributed by atoms with E-state index in [0.29, 0.717) is 23.0 Å². The van der Waals surface area contributed by atoms with E-state index in [2.05, 4.69) is 17.1 Å². The van der Waals surface area contributed by atoms with Crippen LogP contribution in [0.15, 0.2) is 4.52 Å². The van der Waals surface area contributed by atoms with Crippen molar-refractivity contribution in [2.24, 2.45) is 5.73 Å². The third kappa shape index (κ3) is 3.20. The van der Waals surface area contributed by atoms with Gasteiger partial charge in [-0.3, -0.25) is 0 Å². The molecule has 1 aliphatic rings. The number of methoxy groups -OCH3 is 1. The molecule has 3 unspecified atom stereocenters. The normalized spacial score (nSPS) is 26.2. The highest BCUT2D eigenvalue weighted by Crippen LogP contribution is 2.42. The van der Waals surface area contributed by atoms with E-state index >= 15 is 0 Å². The van der Waals surface area contributed by atoms with E-state index in [9.17, 15) is 0 Å². The maximum Gasteiger partial charge on any atom is 0.245 e. The maximum absolute atomic E-state index is 5.88. The minimum absolute atomic E-state index is 0.320. The van der Waals surface area contributed by atoms with Crippen LogP contribution in [0.25, 0.3) is 0 Å². The van der Waals surface area contributed by atoms with Crippen molar-refractivity contribution in [3.05, 3.63) is 11.7 Å². The molecule has 0 aliphatic carbocycles. The summed E-state index contributed by atoms with van der Waals surface area (Å²) in [5.74, 6) is 3.59. The van der Waals surface area contributed by atoms with E-state index in [4.69, 9.17) is 15.0 Å². The Hall–Kier alpha value is -0.240. The zero-order valence-corrected chi connectivity index (χ0v) is 12.3. The molecule has 0 amide bonds. The molecule has 18 heavy (non-hydrogen) atoms. The first-order valence-corrected chi connectivity index (χ1v) is 8.17. The first-order chi connectivity index (χ1) is 8.76. The molecule has 7 heteroatoms. The number of ether oxygens (including phenoxy) is 1. The Kier molecular flexibility index (Phi) is 5.35.